The number of thioether (sulfide) groups is 1. The molecule has 118 valence electrons. The largest absolute Gasteiger partial charge is 0.410 e. The molecule has 0 N–H and O–H groups in total. The minimum Gasteiger partial charge on any atom is -0.410 e. The van der Waals surface area contributed by atoms with Crippen LogP contribution in [-0.4, -0.2) is 44.3 Å². The van der Waals surface area contributed by atoms with Gasteiger partial charge in [0.05, 0.1) is 16.0 Å². The Morgan fingerprint density at radius 2 is 2.05 bits per heavy atom. The third-order valence-corrected chi connectivity index (χ3v) is 5.53. The number of aryl methyl sites for hydroxylation is 2. The van der Waals surface area contributed by atoms with Crippen LogP contribution in [0.25, 0.3) is 10.8 Å². The van der Waals surface area contributed by atoms with Crippen molar-refractivity contribution in [2.75, 3.05) is 13.1 Å². The first-order chi connectivity index (χ1) is 10.5. The Morgan fingerprint density at radius 3 is 2.68 bits per heavy atom. The van der Waals surface area contributed by atoms with Gasteiger partial charge in [0.1, 0.15) is 4.88 Å². The van der Waals surface area contributed by atoms with Crippen molar-refractivity contribution in [3.63, 3.8) is 0 Å². The van der Waals surface area contributed by atoms with Gasteiger partial charge in [-0.3, -0.25) is 4.79 Å². The number of likely N-dealkylation sites (tertiary alicyclic amines) is 1. The minimum atomic E-state index is -0.212. The molecule has 1 fully saturated rings. The van der Waals surface area contributed by atoms with E-state index in [0.29, 0.717) is 11.1 Å². The second kappa shape index (κ2) is 6.37. The molecule has 0 radical (unpaired) electrons. The van der Waals surface area contributed by atoms with Gasteiger partial charge in [0, 0.05) is 13.1 Å². The first kappa shape index (κ1) is 15.5. The molecule has 1 amide bonds. The van der Waals surface area contributed by atoms with Crippen molar-refractivity contribution >= 4 is 29.0 Å². The molecule has 0 bridgehead atoms. The third-order valence-electron chi connectivity index (χ3n) is 3.55. The minimum absolute atomic E-state index is 0.145. The molecule has 3 heterocycles. The fourth-order valence-electron chi connectivity index (χ4n) is 2.48. The number of hydrogen-bond acceptors (Lipinski definition) is 7. The van der Waals surface area contributed by atoms with Crippen molar-refractivity contribution < 1.29 is 9.21 Å². The van der Waals surface area contributed by atoms with Crippen LogP contribution in [0.15, 0.2) is 9.64 Å². The van der Waals surface area contributed by atoms with Gasteiger partial charge < -0.3 is 9.32 Å². The Balaban J connectivity index is 1.69. The molecule has 22 heavy (non-hydrogen) atoms. The van der Waals surface area contributed by atoms with Crippen LogP contribution in [0.3, 0.4) is 0 Å². The first-order valence-electron chi connectivity index (χ1n) is 7.28. The second-order valence-corrected chi connectivity index (χ2v) is 7.81. The summed E-state index contributed by atoms with van der Waals surface area (Å²) < 4.78 is 5.69. The van der Waals surface area contributed by atoms with Crippen LogP contribution in [-0.2, 0) is 4.79 Å². The number of amides is 1. The van der Waals surface area contributed by atoms with E-state index in [1.54, 1.807) is 0 Å². The van der Waals surface area contributed by atoms with Crippen molar-refractivity contribution in [2.45, 2.75) is 44.1 Å². The van der Waals surface area contributed by atoms with Crippen molar-refractivity contribution in [1.82, 2.24) is 20.1 Å². The Kier molecular flexibility index (Phi) is 4.49. The predicted molar refractivity (Wildman–Crippen MR) is 86.0 cm³/mol. The van der Waals surface area contributed by atoms with E-state index in [-0.39, 0.29) is 11.2 Å². The predicted octanol–water partition coefficient (Wildman–Crippen LogP) is 2.91. The van der Waals surface area contributed by atoms with Crippen molar-refractivity contribution in [2.24, 2.45) is 0 Å². The van der Waals surface area contributed by atoms with Crippen molar-refractivity contribution in [3.8, 4) is 10.8 Å². The molecule has 1 aliphatic heterocycles. The van der Waals surface area contributed by atoms with Crippen molar-refractivity contribution in [1.29, 1.82) is 0 Å². The van der Waals surface area contributed by atoms with E-state index in [9.17, 15) is 4.79 Å². The molecular formula is C14H18N4O2S2. The Hall–Kier alpha value is -1.41. The molecule has 2 aromatic heterocycles. The van der Waals surface area contributed by atoms with E-state index in [2.05, 4.69) is 15.2 Å². The maximum absolute atomic E-state index is 12.3. The second-order valence-electron chi connectivity index (χ2n) is 5.31. The molecule has 8 heteroatoms. The summed E-state index contributed by atoms with van der Waals surface area (Å²) in [4.78, 5) is 19.5. The lowest BCUT2D eigenvalue weighted by molar-refractivity contribution is -0.129. The number of carbonyl (C=O) groups excluding carboxylic acids is 1. The summed E-state index contributed by atoms with van der Waals surface area (Å²) in [6.45, 7) is 7.48. The highest BCUT2D eigenvalue weighted by Gasteiger charge is 2.26. The maximum Gasteiger partial charge on any atom is 0.277 e. The molecule has 0 saturated carbocycles. The monoisotopic (exact) mass is 338 g/mol. The smallest absolute Gasteiger partial charge is 0.277 e. The van der Waals surface area contributed by atoms with E-state index in [1.807, 2.05) is 25.7 Å². The van der Waals surface area contributed by atoms with Crippen LogP contribution >= 0.6 is 23.1 Å². The van der Waals surface area contributed by atoms with Gasteiger partial charge in [-0.2, -0.15) is 0 Å². The highest BCUT2D eigenvalue weighted by Crippen LogP contribution is 2.32. The highest BCUT2D eigenvalue weighted by molar-refractivity contribution is 8.00. The number of rotatable bonds is 4. The van der Waals surface area contributed by atoms with Crippen molar-refractivity contribution in [3.05, 3.63) is 10.7 Å². The van der Waals surface area contributed by atoms with Gasteiger partial charge in [0.2, 0.25) is 5.91 Å². The van der Waals surface area contributed by atoms with E-state index >= 15 is 0 Å². The average Bonchev–Trinajstić information content (AvgIpc) is 3.19. The van der Waals surface area contributed by atoms with E-state index in [4.69, 9.17) is 4.42 Å². The Bertz CT molecular complexity index is 676. The molecule has 0 aromatic carbocycles. The zero-order chi connectivity index (χ0) is 15.7. The fraction of sp³-hybridized carbons (Fsp3) is 0.571. The van der Waals surface area contributed by atoms with Gasteiger partial charge in [-0.15, -0.1) is 21.5 Å². The molecule has 1 unspecified atom stereocenters. The molecule has 1 aliphatic rings. The fourth-order valence-corrected chi connectivity index (χ4v) is 4.08. The lowest BCUT2D eigenvalue weighted by Gasteiger charge is -2.18. The quantitative estimate of drug-likeness (QED) is 0.798. The molecule has 1 atom stereocenters. The summed E-state index contributed by atoms with van der Waals surface area (Å²) in [5, 5.41) is 9.31. The molecule has 6 nitrogen and oxygen atoms in total. The molecular weight excluding hydrogens is 320 g/mol. The zero-order valence-electron chi connectivity index (χ0n) is 12.8. The van der Waals surface area contributed by atoms with Gasteiger partial charge in [0.15, 0.2) is 0 Å². The van der Waals surface area contributed by atoms with Gasteiger partial charge >= 0.3 is 0 Å². The van der Waals surface area contributed by atoms with Gasteiger partial charge in [-0.25, -0.2) is 4.98 Å². The Labute approximate surface area is 137 Å². The lowest BCUT2D eigenvalue weighted by atomic mass is 10.4. The molecule has 2 aromatic rings. The number of carbonyl (C=O) groups is 1. The summed E-state index contributed by atoms with van der Waals surface area (Å²) in [7, 11) is 0. The summed E-state index contributed by atoms with van der Waals surface area (Å²) in [6, 6.07) is 0. The highest BCUT2D eigenvalue weighted by atomic mass is 32.2. The molecule has 0 aliphatic carbocycles. The summed E-state index contributed by atoms with van der Waals surface area (Å²) in [5.74, 6) is 0.624. The van der Waals surface area contributed by atoms with E-state index in [0.717, 1.165) is 41.5 Å². The van der Waals surface area contributed by atoms with Crippen LogP contribution in [0, 0.1) is 13.8 Å². The Morgan fingerprint density at radius 1 is 1.32 bits per heavy atom. The number of nitrogens with zero attached hydrogens (tertiary/aromatic N) is 4. The van der Waals surface area contributed by atoms with Gasteiger partial charge in [-0.05, 0) is 33.6 Å². The van der Waals surface area contributed by atoms with Crippen LogP contribution in [0.4, 0.5) is 0 Å². The standard InChI is InChI=1S/C14H18N4O2S2/c1-8-11(22-10(3)15-8)12-16-17-14(20-12)21-9(2)13(19)18-6-4-5-7-18/h9H,4-7H2,1-3H3. The SMILES string of the molecule is Cc1nc(C)c(-c2nnc(SC(C)C(=O)N3CCCC3)o2)s1. The lowest BCUT2D eigenvalue weighted by Crippen LogP contribution is -2.34. The molecule has 0 spiro atoms. The molecule has 3 rings (SSSR count). The topological polar surface area (TPSA) is 72.1 Å². The molecule has 1 saturated heterocycles. The van der Waals surface area contributed by atoms with Gasteiger partial charge in [-0.1, -0.05) is 11.8 Å². The third kappa shape index (κ3) is 3.17. The van der Waals surface area contributed by atoms with Crippen LogP contribution < -0.4 is 0 Å². The van der Waals surface area contributed by atoms with Gasteiger partial charge in [0.25, 0.3) is 11.1 Å². The summed E-state index contributed by atoms with van der Waals surface area (Å²) >= 11 is 2.85. The van der Waals surface area contributed by atoms with Crippen LogP contribution in [0.1, 0.15) is 30.5 Å². The van der Waals surface area contributed by atoms with E-state index in [1.165, 1.54) is 23.1 Å². The maximum atomic E-state index is 12.3. The summed E-state index contributed by atoms with van der Waals surface area (Å²) in [6.07, 6.45) is 2.19. The van der Waals surface area contributed by atoms with Crippen LogP contribution in [0.2, 0.25) is 0 Å². The first-order valence-corrected chi connectivity index (χ1v) is 8.97. The number of thiazole rings is 1. The number of hydrogen-bond donors (Lipinski definition) is 0. The average molecular weight is 338 g/mol. The zero-order valence-corrected chi connectivity index (χ0v) is 14.5. The normalized spacial score (nSPS) is 16.2. The number of aromatic nitrogens is 3. The van der Waals surface area contributed by atoms with E-state index < -0.39 is 0 Å². The van der Waals surface area contributed by atoms with Crippen LogP contribution in [0.5, 0.6) is 0 Å². The summed E-state index contributed by atoms with van der Waals surface area (Å²) in [5.41, 5.74) is 0.892.